The molecular formula is C8H15NO. The summed E-state index contributed by atoms with van der Waals surface area (Å²) in [5, 5.41) is 0. The van der Waals surface area contributed by atoms with Crippen LogP contribution in [-0.2, 0) is 4.79 Å². The highest BCUT2D eigenvalue weighted by molar-refractivity contribution is 5.83. The van der Waals surface area contributed by atoms with Gasteiger partial charge in [0.25, 0.3) is 0 Å². The Morgan fingerprint density at radius 3 is 2.80 bits per heavy atom. The Bertz CT molecular complexity index is 133. The van der Waals surface area contributed by atoms with Crippen LogP contribution in [0.1, 0.15) is 26.2 Å². The van der Waals surface area contributed by atoms with Gasteiger partial charge in [0.1, 0.15) is 5.78 Å². The third kappa shape index (κ3) is 1.57. The van der Waals surface area contributed by atoms with Crippen LogP contribution in [0.25, 0.3) is 0 Å². The zero-order valence-electron chi connectivity index (χ0n) is 6.47. The van der Waals surface area contributed by atoms with E-state index in [1.54, 1.807) is 0 Å². The van der Waals surface area contributed by atoms with E-state index in [4.69, 9.17) is 5.73 Å². The molecule has 0 radical (unpaired) electrons. The number of hydrogen-bond donors (Lipinski definition) is 1. The number of rotatable bonds is 4. The number of nitrogens with two attached hydrogens (primary N) is 1. The van der Waals surface area contributed by atoms with Crippen molar-refractivity contribution in [2.75, 3.05) is 6.54 Å². The summed E-state index contributed by atoms with van der Waals surface area (Å²) in [4.78, 5) is 11.1. The molecule has 2 heteroatoms. The van der Waals surface area contributed by atoms with Crippen molar-refractivity contribution in [3.63, 3.8) is 0 Å². The lowest BCUT2D eigenvalue weighted by molar-refractivity contribution is -0.120. The van der Waals surface area contributed by atoms with Crippen LogP contribution in [0.2, 0.25) is 0 Å². The molecule has 0 aromatic heterocycles. The smallest absolute Gasteiger partial charge is 0.136 e. The molecule has 1 aliphatic carbocycles. The van der Waals surface area contributed by atoms with Gasteiger partial charge in [-0.15, -0.1) is 0 Å². The van der Waals surface area contributed by atoms with Gasteiger partial charge in [-0.3, -0.25) is 4.79 Å². The average molecular weight is 141 g/mol. The Labute approximate surface area is 61.8 Å². The van der Waals surface area contributed by atoms with E-state index in [9.17, 15) is 4.79 Å². The molecule has 0 bridgehead atoms. The van der Waals surface area contributed by atoms with Gasteiger partial charge in [0.15, 0.2) is 0 Å². The van der Waals surface area contributed by atoms with Crippen LogP contribution in [0, 0.1) is 11.8 Å². The molecule has 2 N–H and O–H groups in total. The lowest BCUT2D eigenvalue weighted by atomic mass is 10.1. The third-order valence-corrected chi connectivity index (χ3v) is 2.14. The van der Waals surface area contributed by atoms with Crippen LogP contribution in [0.4, 0.5) is 0 Å². The van der Waals surface area contributed by atoms with E-state index in [-0.39, 0.29) is 0 Å². The Balaban J connectivity index is 2.19. The lowest BCUT2D eigenvalue weighted by Gasteiger charge is -1.93. The van der Waals surface area contributed by atoms with E-state index >= 15 is 0 Å². The Morgan fingerprint density at radius 2 is 2.40 bits per heavy atom. The van der Waals surface area contributed by atoms with Crippen molar-refractivity contribution in [2.24, 2.45) is 17.6 Å². The molecule has 2 nitrogen and oxygen atoms in total. The van der Waals surface area contributed by atoms with Crippen molar-refractivity contribution in [2.45, 2.75) is 26.2 Å². The first kappa shape index (κ1) is 7.73. The minimum absolute atomic E-state index is 0.338. The van der Waals surface area contributed by atoms with Crippen LogP contribution >= 0.6 is 0 Å². The maximum atomic E-state index is 11.1. The Morgan fingerprint density at radius 1 is 1.70 bits per heavy atom. The quantitative estimate of drug-likeness (QED) is 0.633. The van der Waals surface area contributed by atoms with Gasteiger partial charge in [0.05, 0.1) is 0 Å². The summed E-state index contributed by atoms with van der Waals surface area (Å²) in [5.41, 5.74) is 5.41. The van der Waals surface area contributed by atoms with Gasteiger partial charge in [0.2, 0.25) is 0 Å². The summed E-state index contributed by atoms with van der Waals surface area (Å²) < 4.78 is 0. The fourth-order valence-corrected chi connectivity index (χ4v) is 1.33. The van der Waals surface area contributed by atoms with Gasteiger partial charge in [0, 0.05) is 12.3 Å². The van der Waals surface area contributed by atoms with E-state index in [0.717, 1.165) is 19.3 Å². The number of ketones is 1. The molecule has 58 valence electrons. The minimum atomic E-state index is 0.338. The molecule has 0 aliphatic heterocycles. The van der Waals surface area contributed by atoms with Gasteiger partial charge in [-0.2, -0.15) is 0 Å². The zero-order chi connectivity index (χ0) is 7.56. The van der Waals surface area contributed by atoms with Crippen molar-refractivity contribution in [3.8, 4) is 0 Å². The lowest BCUT2D eigenvalue weighted by Crippen LogP contribution is -2.07. The third-order valence-electron chi connectivity index (χ3n) is 2.14. The van der Waals surface area contributed by atoms with Crippen LogP contribution in [0.3, 0.4) is 0 Å². The second-order valence-electron chi connectivity index (χ2n) is 3.05. The summed E-state index contributed by atoms with van der Waals surface area (Å²) >= 11 is 0. The molecule has 2 unspecified atom stereocenters. The molecule has 0 aromatic carbocycles. The van der Waals surface area contributed by atoms with Crippen LogP contribution in [-0.4, -0.2) is 12.3 Å². The first-order valence-electron chi connectivity index (χ1n) is 4.02. The maximum absolute atomic E-state index is 11.1. The van der Waals surface area contributed by atoms with Gasteiger partial charge < -0.3 is 5.73 Å². The first-order chi connectivity index (χ1) is 4.79. The van der Waals surface area contributed by atoms with Crippen molar-refractivity contribution in [3.05, 3.63) is 0 Å². The summed E-state index contributed by atoms with van der Waals surface area (Å²) in [6, 6.07) is 0. The normalized spacial score (nSPS) is 30.2. The van der Waals surface area contributed by atoms with Gasteiger partial charge in [-0.25, -0.2) is 0 Å². The van der Waals surface area contributed by atoms with E-state index in [0.29, 0.717) is 24.2 Å². The fraction of sp³-hybridized carbons (Fsp3) is 0.875. The van der Waals surface area contributed by atoms with Crippen molar-refractivity contribution in [1.82, 2.24) is 0 Å². The molecule has 0 saturated heterocycles. The minimum Gasteiger partial charge on any atom is -0.330 e. The van der Waals surface area contributed by atoms with E-state index in [1.807, 2.05) is 6.92 Å². The molecule has 1 fully saturated rings. The van der Waals surface area contributed by atoms with Crippen molar-refractivity contribution in [1.29, 1.82) is 0 Å². The van der Waals surface area contributed by atoms with Crippen LogP contribution in [0.15, 0.2) is 0 Å². The number of Topliss-reactive ketones (excluding diaryl/α,β-unsaturated/α-hetero) is 1. The van der Waals surface area contributed by atoms with Crippen molar-refractivity contribution >= 4 is 5.78 Å². The van der Waals surface area contributed by atoms with Gasteiger partial charge >= 0.3 is 0 Å². The Kier molecular flexibility index (Phi) is 2.44. The van der Waals surface area contributed by atoms with E-state index in [2.05, 4.69) is 0 Å². The molecule has 0 aromatic rings. The second kappa shape index (κ2) is 3.15. The second-order valence-corrected chi connectivity index (χ2v) is 3.05. The van der Waals surface area contributed by atoms with E-state index < -0.39 is 0 Å². The molecule has 2 atom stereocenters. The molecule has 10 heavy (non-hydrogen) atoms. The molecule has 1 aliphatic rings. The summed E-state index contributed by atoms with van der Waals surface area (Å²) in [7, 11) is 0. The molecule has 0 spiro atoms. The summed E-state index contributed by atoms with van der Waals surface area (Å²) in [6.45, 7) is 2.73. The van der Waals surface area contributed by atoms with Crippen LogP contribution in [0.5, 0.6) is 0 Å². The Hall–Kier alpha value is -0.370. The number of carbonyl (C=O) groups excluding carboxylic acids is 1. The maximum Gasteiger partial charge on any atom is 0.136 e. The summed E-state index contributed by atoms with van der Waals surface area (Å²) in [6.07, 6.45) is 2.78. The predicted molar refractivity (Wildman–Crippen MR) is 40.6 cm³/mol. The van der Waals surface area contributed by atoms with Crippen LogP contribution < -0.4 is 5.73 Å². The summed E-state index contributed by atoms with van der Waals surface area (Å²) in [5.74, 6) is 1.29. The van der Waals surface area contributed by atoms with Gasteiger partial charge in [-0.05, 0) is 25.3 Å². The zero-order valence-corrected chi connectivity index (χ0v) is 6.47. The molecule has 0 heterocycles. The monoisotopic (exact) mass is 141 g/mol. The first-order valence-corrected chi connectivity index (χ1v) is 4.02. The van der Waals surface area contributed by atoms with Crippen molar-refractivity contribution < 1.29 is 4.79 Å². The van der Waals surface area contributed by atoms with E-state index in [1.165, 1.54) is 0 Å². The average Bonchev–Trinajstić information content (AvgIpc) is 2.66. The highest BCUT2D eigenvalue weighted by Gasteiger charge is 2.40. The molecule has 1 saturated carbocycles. The molecule has 0 amide bonds. The SMILES string of the molecule is CCCC(=O)C1CC1CN. The standard InChI is InChI=1S/C8H15NO/c1-2-3-8(10)7-4-6(7)5-9/h6-7H,2-5,9H2,1H3. The molecular weight excluding hydrogens is 126 g/mol. The molecule has 1 rings (SSSR count). The predicted octanol–water partition coefficient (Wildman–Crippen LogP) is 0.950. The highest BCUT2D eigenvalue weighted by Crippen LogP contribution is 2.38. The number of hydrogen-bond acceptors (Lipinski definition) is 2. The fourth-order valence-electron chi connectivity index (χ4n) is 1.33. The topological polar surface area (TPSA) is 43.1 Å². The van der Waals surface area contributed by atoms with Gasteiger partial charge in [-0.1, -0.05) is 6.92 Å². The largest absolute Gasteiger partial charge is 0.330 e. The highest BCUT2D eigenvalue weighted by atomic mass is 16.1. The number of carbonyl (C=O) groups is 1.